The van der Waals surface area contributed by atoms with Crippen LogP contribution in [-0.2, 0) is 9.31 Å². The van der Waals surface area contributed by atoms with E-state index in [4.69, 9.17) is 14.0 Å². The summed E-state index contributed by atoms with van der Waals surface area (Å²) in [6.07, 6.45) is 1.75. The van der Waals surface area contributed by atoms with Gasteiger partial charge in [0.1, 0.15) is 6.61 Å². The summed E-state index contributed by atoms with van der Waals surface area (Å²) in [4.78, 5) is 4.28. The molecule has 0 amide bonds. The van der Waals surface area contributed by atoms with E-state index in [1.807, 2.05) is 46.9 Å². The molecule has 1 aliphatic rings. The molecule has 0 spiro atoms. The van der Waals surface area contributed by atoms with Crippen molar-refractivity contribution in [3.63, 3.8) is 0 Å². The van der Waals surface area contributed by atoms with Crippen LogP contribution in [0.4, 0.5) is 0 Å². The van der Waals surface area contributed by atoms with Gasteiger partial charge in [-0.15, -0.1) is 0 Å². The van der Waals surface area contributed by atoms with Crippen LogP contribution in [0.5, 0.6) is 5.88 Å². The predicted molar refractivity (Wildman–Crippen MR) is 79.4 cm³/mol. The number of pyridine rings is 1. The smallest absolute Gasteiger partial charge is 0.476 e. The molecule has 0 saturated carbocycles. The fraction of sp³-hybridized carbons (Fsp3) is 0.643. The second-order valence-corrected chi connectivity index (χ2v) is 5.97. The van der Waals surface area contributed by atoms with Gasteiger partial charge in [-0.2, -0.15) is 0 Å². The third-order valence-corrected chi connectivity index (χ3v) is 3.89. The first-order chi connectivity index (χ1) is 9.36. The largest absolute Gasteiger partial charge is 0.496 e. The lowest BCUT2D eigenvalue weighted by Crippen LogP contribution is -2.41. The Morgan fingerprint density at radius 3 is 2.35 bits per heavy atom. The van der Waals surface area contributed by atoms with Crippen molar-refractivity contribution in [1.29, 1.82) is 0 Å². The average molecular weight is 278 g/mol. The molecule has 6 heteroatoms. The van der Waals surface area contributed by atoms with Crippen molar-refractivity contribution in [3.8, 4) is 5.88 Å². The molecular weight excluding hydrogens is 255 g/mol. The molecule has 0 radical (unpaired) electrons. The maximum Gasteiger partial charge on any atom is 0.496 e. The van der Waals surface area contributed by atoms with Crippen molar-refractivity contribution in [2.75, 3.05) is 20.2 Å². The fourth-order valence-corrected chi connectivity index (χ4v) is 1.85. The van der Waals surface area contributed by atoms with Crippen molar-refractivity contribution in [1.82, 2.24) is 10.3 Å². The molecule has 1 aromatic heterocycles. The SMILES string of the molecule is CNCCOc1ccc(B2OC(C)(C)C(C)(C)O2)cn1. The van der Waals surface area contributed by atoms with Crippen LogP contribution in [0.1, 0.15) is 27.7 Å². The maximum absolute atomic E-state index is 5.98. The van der Waals surface area contributed by atoms with Crippen LogP contribution >= 0.6 is 0 Å². The quantitative estimate of drug-likeness (QED) is 0.642. The molecule has 0 atom stereocenters. The van der Waals surface area contributed by atoms with E-state index < -0.39 is 0 Å². The first-order valence-electron chi connectivity index (χ1n) is 6.95. The van der Waals surface area contributed by atoms with Crippen LogP contribution in [-0.4, -0.2) is 43.5 Å². The highest BCUT2D eigenvalue weighted by Crippen LogP contribution is 2.36. The highest BCUT2D eigenvalue weighted by molar-refractivity contribution is 6.62. The molecule has 1 aliphatic heterocycles. The highest BCUT2D eigenvalue weighted by atomic mass is 16.7. The van der Waals surface area contributed by atoms with Crippen molar-refractivity contribution in [3.05, 3.63) is 18.3 Å². The summed E-state index contributed by atoms with van der Waals surface area (Å²) in [5.41, 5.74) is 0.240. The van der Waals surface area contributed by atoms with E-state index in [0.29, 0.717) is 12.5 Å². The van der Waals surface area contributed by atoms with Crippen LogP contribution in [0.25, 0.3) is 0 Å². The fourth-order valence-electron chi connectivity index (χ4n) is 1.85. The zero-order valence-corrected chi connectivity index (χ0v) is 12.9. The van der Waals surface area contributed by atoms with Gasteiger partial charge in [0.2, 0.25) is 5.88 Å². The standard InChI is InChI=1S/C14H23BN2O3/c1-13(2)14(3,4)20-15(19-13)11-6-7-12(17-10-11)18-9-8-16-5/h6-7,10,16H,8-9H2,1-5H3. The van der Waals surface area contributed by atoms with E-state index in [1.54, 1.807) is 6.20 Å². The molecule has 1 saturated heterocycles. The van der Waals surface area contributed by atoms with Crippen molar-refractivity contribution >= 4 is 12.6 Å². The molecule has 1 N–H and O–H groups in total. The van der Waals surface area contributed by atoms with Gasteiger partial charge >= 0.3 is 7.12 Å². The van der Waals surface area contributed by atoms with Crippen LogP contribution < -0.4 is 15.5 Å². The summed E-state index contributed by atoms with van der Waals surface area (Å²) < 4.78 is 17.4. The molecule has 0 aromatic carbocycles. The number of aromatic nitrogens is 1. The molecule has 2 heterocycles. The summed E-state index contributed by atoms with van der Waals surface area (Å²) >= 11 is 0. The number of hydrogen-bond acceptors (Lipinski definition) is 5. The number of hydrogen-bond donors (Lipinski definition) is 1. The van der Waals surface area contributed by atoms with E-state index in [0.717, 1.165) is 12.0 Å². The molecule has 5 nitrogen and oxygen atoms in total. The molecule has 1 fully saturated rings. The first-order valence-corrected chi connectivity index (χ1v) is 6.95. The topological polar surface area (TPSA) is 52.6 Å². The average Bonchev–Trinajstić information content (AvgIpc) is 2.60. The molecule has 0 unspecified atom stereocenters. The van der Waals surface area contributed by atoms with Gasteiger partial charge in [-0.25, -0.2) is 4.98 Å². The van der Waals surface area contributed by atoms with E-state index in [9.17, 15) is 0 Å². The van der Waals surface area contributed by atoms with Crippen molar-refractivity contribution in [2.24, 2.45) is 0 Å². The molecule has 20 heavy (non-hydrogen) atoms. The summed E-state index contributed by atoms with van der Waals surface area (Å²) in [6, 6.07) is 3.78. The Balaban J connectivity index is 2.01. The molecule has 110 valence electrons. The maximum atomic E-state index is 5.98. The Morgan fingerprint density at radius 2 is 1.85 bits per heavy atom. The van der Waals surface area contributed by atoms with Gasteiger partial charge in [-0.3, -0.25) is 0 Å². The lowest BCUT2D eigenvalue weighted by molar-refractivity contribution is 0.00578. The lowest BCUT2D eigenvalue weighted by atomic mass is 9.80. The normalized spacial score (nSPS) is 20.1. The minimum atomic E-state index is -0.376. The Hall–Kier alpha value is -1.11. The van der Waals surface area contributed by atoms with E-state index in [1.165, 1.54) is 0 Å². The van der Waals surface area contributed by atoms with Gasteiger partial charge in [-0.1, -0.05) is 6.07 Å². The number of ether oxygens (including phenoxy) is 1. The molecule has 2 rings (SSSR count). The molecular formula is C14H23BN2O3. The second-order valence-electron chi connectivity index (χ2n) is 5.97. The number of nitrogens with zero attached hydrogens (tertiary/aromatic N) is 1. The third kappa shape index (κ3) is 3.14. The number of rotatable bonds is 5. The van der Waals surface area contributed by atoms with Gasteiger partial charge in [0.05, 0.1) is 11.2 Å². The summed E-state index contributed by atoms with van der Waals surface area (Å²) in [5, 5.41) is 3.02. The van der Waals surface area contributed by atoms with Crippen LogP contribution in [0.3, 0.4) is 0 Å². The van der Waals surface area contributed by atoms with E-state index >= 15 is 0 Å². The minimum absolute atomic E-state index is 0.334. The number of likely N-dealkylation sites (N-methyl/N-ethyl adjacent to an activating group) is 1. The monoisotopic (exact) mass is 278 g/mol. The predicted octanol–water partition coefficient (Wildman–Crippen LogP) is 0.979. The Bertz CT molecular complexity index is 432. The van der Waals surface area contributed by atoms with E-state index in [2.05, 4.69) is 10.3 Å². The van der Waals surface area contributed by atoms with Crippen molar-refractivity contribution in [2.45, 2.75) is 38.9 Å². The molecule has 0 bridgehead atoms. The van der Waals surface area contributed by atoms with Crippen molar-refractivity contribution < 1.29 is 14.0 Å². The van der Waals surface area contributed by atoms with Gasteiger partial charge in [-0.05, 0) is 40.8 Å². The minimum Gasteiger partial charge on any atom is -0.476 e. The Morgan fingerprint density at radius 1 is 1.20 bits per heavy atom. The van der Waals surface area contributed by atoms with Crippen LogP contribution in [0, 0.1) is 0 Å². The summed E-state index contributed by atoms with van der Waals surface area (Å²) in [5.74, 6) is 0.612. The Kier molecular flexibility index (Phi) is 4.37. The Labute approximate surface area is 121 Å². The van der Waals surface area contributed by atoms with Gasteiger partial charge in [0.15, 0.2) is 0 Å². The zero-order valence-electron chi connectivity index (χ0n) is 12.9. The summed E-state index contributed by atoms with van der Waals surface area (Å²) in [6.45, 7) is 9.54. The highest BCUT2D eigenvalue weighted by Gasteiger charge is 2.51. The van der Waals surface area contributed by atoms with Gasteiger partial charge < -0.3 is 19.4 Å². The summed E-state index contributed by atoms with van der Waals surface area (Å²) in [7, 11) is 1.51. The van der Waals surface area contributed by atoms with Gasteiger partial charge in [0.25, 0.3) is 0 Å². The zero-order chi connectivity index (χ0) is 14.8. The molecule has 1 aromatic rings. The van der Waals surface area contributed by atoms with Crippen LogP contribution in [0.15, 0.2) is 18.3 Å². The second kappa shape index (κ2) is 5.72. The first kappa shape index (κ1) is 15.3. The van der Waals surface area contributed by atoms with E-state index in [-0.39, 0.29) is 18.3 Å². The van der Waals surface area contributed by atoms with Crippen LogP contribution in [0.2, 0.25) is 0 Å². The number of nitrogens with one attached hydrogen (secondary N) is 1. The third-order valence-electron chi connectivity index (χ3n) is 3.89. The lowest BCUT2D eigenvalue weighted by Gasteiger charge is -2.32. The molecule has 0 aliphatic carbocycles. The van der Waals surface area contributed by atoms with Gasteiger partial charge in [0, 0.05) is 18.2 Å².